The Morgan fingerprint density at radius 2 is 1.57 bits per heavy atom. The smallest absolute Gasteiger partial charge is 0.258 e. The van der Waals surface area contributed by atoms with Gasteiger partial charge in [-0.05, 0) is 40.8 Å². The van der Waals surface area contributed by atoms with Gasteiger partial charge in [0.15, 0.2) is 0 Å². The molecule has 2 aromatic carbocycles. The lowest BCUT2D eigenvalue weighted by Crippen LogP contribution is -2.14. The van der Waals surface area contributed by atoms with Crippen LogP contribution in [0.15, 0.2) is 60.9 Å². The van der Waals surface area contributed by atoms with Crippen molar-refractivity contribution in [3.8, 4) is 0 Å². The molecule has 1 heterocycles. The molecule has 144 valence electrons. The van der Waals surface area contributed by atoms with E-state index < -0.39 is 0 Å². The minimum atomic E-state index is -0.243. The van der Waals surface area contributed by atoms with Crippen molar-refractivity contribution in [3.63, 3.8) is 0 Å². The second kappa shape index (κ2) is 8.40. The van der Waals surface area contributed by atoms with Crippen molar-refractivity contribution in [1.82, 2.24) is 9.97 Å². The number of nitrogens with zero attached hydrogens (tertiary/aromatic N) is 2. The molecule has 5 nitrogen and oxygen atoms in total. The van der Waals surface area contributed by atoms with Crippen molar-refractivity contribution in [1.29, 1.82) is 0 Å². The standard InChI is InChI=1S/C22H23ClN4O/c1-22(2,3)17-6-10-19(11-7-17)27-20(28)16-13-25-21(26-14-16)24-12-15-4-8-18(23)9-5-15/h4-11,13-14H,12H2,1-3H3,(H,27,28)(H,24,25,26). The van der Waals surface area contributed by atoms with Crippen LogP contribution in [-0.2, 0) is 12.0 Å². The van der Waals surface area contributed by atoms with E-state index in [0.29, 0.717) is 23.1 Å². The van der Waals surface area contributed by atoms with Crippen molar-refractivity contribution >= 4 is 29.1 Å². The zero-order valence-electron chi connectivity index (χ0n) is 16.2. The second-order valence-corrected chi connectivity index (χ2v) is 7.99. The van der Waals surface area contributed by atoms with Gasteiger partial charge in [0.1, 0.15) is 0 Å². The lowest BCUT2D eigenvalue weighted by molar-refractivity contribution is 0.102. The molecule has 3 rings (SSSR count). The third-order valence-corrected chi connectivity index (χ3v) is 4.54. The van der Waals surface area contributed by atoms with E-state index in [2.05, 4.69) is 41.4 Å². The number of rotatable bonds is 5. The Hall–Kier alpha value is -2.92. The minimum absolute atomic E-state index is 0.0746. The van der Waals surface area contributed by atoms with Crippen molar-refractivity contribution < 1.29 is 4.79 Å². The zero-order valence-corrected chi connectivity index (χ0v) is 16.9. The van der Waals surface area contributed by atoms with Crippen molar-refractivity contribution in [3.05, 3.63) is 82.6 Å². The first-order valence-corrected chi connectivity index (χ1v) is 9.41. The first-order valence-electron chi connectivity index (χ1n) is 9.03. The molecule has 0 fully saturated rings. The predicted molar refractivity (Wildman–Crippen MR) is 114 cm³/mol. The van der Waals surface area contributed by atoms with E-state index in [9.17, 15) is 4.79 Å². The average Bonchev–Trinajstić information content (AvgIpc) is 2.67. The third-order valence-electron chi connectivity index (χ3n) is 4.29. The Morgan fingerprint density at radius 3 is 2.14 bits per heavy atom. The first kappa shape index (κ1) is 19.8. The number of nitrogens with one attached hydrogen (secondary N) is 2. The molecule has 0 saturated heterocycles. The fraction of sp³-hybridized carbons (Fsp3) is 0.227. The summed E-state index contributed by atoms with van der Waals surface area (Å²) in [7, 11) is 0. The molecule has 1 aromatic heterocycles. The summed E-state index contributed by atoms with van der Waals surface area (Å²) in [6.07, 6.45) is 3.02. The predicted octanol–water partition coefficient (Wildman–Crippen LogP) is 5.29. The van der Waals surface area contributed by atoms with Crippen LogP contribution in [0, 0.1) is 0 Å². The van der Waals surface area contributed by atoms with Crippen LogP contribution in [-0.4, -0.2) is 15.9 Å². The topological polar surface area (TPSA) is 66.9 Å². The highest BCUT2D eigenvalue weighted by Gasteiger charge is 2.13. The van der Waals surface area contributed by atoms with Crippen molar-refractivity contribution in [2.24, 2.45) is 0 Å². The van der Waals surface area contributed by atoms with Gasteiger partial charge in [-0.3, -0.25) is 4.79 Å². The van der Waals surface area contributed by atoms with Gasteiger partial charge in [-0.1, -0.05) is 56.6 Å². The van der Waals surface area contributed by atoms with Crippen LogP contribution in [0.1, 0.15) is 42.3 Å². The molecule has 0 aliphatic rings. The summed E-state index contributed by atoms with van der Waals surface area (Å²) in [4.78, 5) is 20.8. The Labute approximate surface area is 170 Å². The second-order valence-electron chi connectivity index (χ2n) is 7.56. The Bertz CT molecular complexity index is 930. The summed E-state index contributed by atoms with van der Waals surface area (Å²) in [6, 6.07) is 15.4. The average molecular weight is 395 g/mol. The van der Waals surface area contributed by atoms with E-state index >= 15 is 0 Å². The maximum atomic E-state index is 12.4. The third kappa shape index (κ3) is 5.30. The molecule has 0 bridgehead atoms. The molecule has 0 spiro atoms. The number of halogens is 1. The van der Waals surface area contributed by atoms with Gasteiger partial charge in [0.25, 0.3) is 5.91 Å². The van der Waals surface area contributed by atoms with Gasteiger partial charge < -0.3 is 10.6 Å². The van der Waals surface area contributed by atoms with E-state index in [0.717, 1.165) is 11.3 Å². The van der Waals surface area contributed by atoms with E-state index in [1.54, 1.807) is 0 Å². The Kier molecular flexibility index (Phi) is 5.95. The Morgan fingerprint density at radius 1 is 0.964 bits per heavy atom. The molecule has 0 saturated carbocycles. The number of carbonyl (C=O) groups is 1. The lowest BCUT2D eigenvalue weighted by atomic mass is 9.87. The maximum absolute atomic E-state index is 12.4. The van der Waals surface area contributed by atoms with Gasteiger partial charge in [-0.15, -0.1) is 0 Å². The summed E-state index contributed by atoms with van der Waals surface area (Å²) in [5, 5.41) is 6.68. The van der Waals surface area contributed by atoms with Crippen LogP contribution in [0.2, 0.25) is 5.02 Å². The highest BCUT2D eigenvalue weighted by atomic mass is 35.5. The number of hydrogen-bond donors (Lipinski definition) is 2. The van der Waals surface area contributed by atoms with Gasteiger partial charge in [-0.25, -0.2) is 9.97 Å². The van der Waals surface area contributed by atoms with Gasteiger partial charge >= 0.3 is 0 Å². The normalized spacial score (nSPS) is 11.1. The van der Waals surface area contributed by atoms with Gasteiger partial charge in [0.2, 0.25) is 5.95 Å². The monoisotopic (exact) mass is 394 g/mol. The van der Waals surface area contributed by atoms with Crippen molar-refractivity contribution in [2.75, 3.05) is 10.6 Å². The van der Waals surface area contributed by atoms with E-state index in [1.807, 2.05) is 48.5 Å². The van der Waals surface area contributed by atoms with Crippen LogP contribution < -0.4 is 10.6 Å². The molecule has 2 N–H and O–H groups in total. The van der Waals surface area contributed by atoms with E-state index in [-0.39, 0.29) is 11.3 Å². The molecule has 28 heavy (non-hydrogen) atoms. The lowest BCUT2D eigenvalue weighted by Gasteiger charge is -2.19. The van der Waals surface area contributed by atoms with Crippen LogP contribution in [0.5, 0.6) is 0 Å². The van der Waals surface area contributed by atoms with Gasteiger partial charge in [0, 0.05) is 29.6 Å². The van der Waals surface area contributed by atoms with Crippen molar-refractivity contribution in [2.45, 2.75) is 32.7 Å². The quantitative estimate of drug-likeness (QED) is 0.616. The summed E-state index contributed by atoms with van der Waals surface area (Å²) in [5.41, 5.74) is 3.49. The van der Waals surface area contributed by atoms with Crippen LogP contribution >= 0.6 is 11.6 Å². The summed E-state index contributed by atoms with van der Waals surface area (Å²) >= 11 is 5.88. The number of hydrogen-bond acceptors (Lipinski definition) is 4. The molecule has 1 amide bonds. The minimum Gasteiger partial charge on any atom is -0.350 e. The molecule has 0 atom stereocenters. The summed E-state index contributed by atoms with van der Waals surface area (Å²) < 4.78 is 0. The SMILES string of the molecule is CC(C)(C)c1ccc(NC(=O)c2cnc(NCc3ccc(Cl)cc3)nc2)cc1. The molecular formula is C22H23ClN4O. The van der Waals surface area contributed by atoms with Gasteiger partial charge in [-0.2, -0.15) is 0 Å². The van der Waals surface area contributed by atoms with Crippen LogP contribution in [0.25, 0.3) is 0 Å². The highest BCUT2D eigenvalue weighted by Crippen LogP contribution is 2.23. The fourth-order valence-corrected chi connectivity index (χ4v) is 2.70. The largest absolute Gasteiger partial charge is 0.350 e. The first-order chi connectivity index (χ1) is 13.3. The molecule has 0 radical (unpaired) electrons. The molecule has 6 heteroatoms. The fourth-order valence-electron chi connectivity index (χ4n) is 2.58. The maximum Gasteiger partial charge on any atom is 0.258 e. The number of anilines is 2. The number of amides is 1. The molecule has 0 aliphatic carbocycles. The molecule has 0 aliphatic heterocycles. The number of aromatic nitrogens is 2. The summed E-state index contributed by atoms with van der Waals surface area (Å²) in [5.74, 6) is 0.216. The molecular weight excluding hydrogens is 372 g/mol. The van der Waals surface area contributed by atoms with E-state index in [4.69, 9.17) is 11.6 Å². The van der Waals surface area contributed by atoms with Crippen LogP contribution in [0.3, 0.4) is 0 Å². The van der Waals surface area contributed by atoms with E-state index in [1.165, 1.54) is 18.0 Å². The van der Waals surface area contributed by atoms with Crippen LogP contribution in [0.4, 0.5) is 11.6 Å². The highest BCUT2D eigenvalue weighted by molar-refractivity contribution is 6.30. The summed E-state index contributed by atoms with van der Waals surface area (Å²) in [6.45, 7) is 7.03. The Balaban J connectivity index is 1.58. The van der Waals surface area contributed by atoms with Gasteiger partial charge in [0.05, 0.1) is 5.56 Å². The number of carbonyl (C=O) groups excluding carboxylic acids is 1. The zero-order chi connectivity index (χ0) is 20.1. The molecule has 3 aromatic rings. The molecule has 0 unspecified atom stereocenters. The number of benzene rings is 2.